The van der Waals surface area contributed by atoms with E-state index in [1.165, 1.54) is 12.1 Å². The van der Waals surface area contributed by atoms with Crippen LogP contribution in [0.5, 0.6) is 11.5 Å². The van der Waals surface area contributed by atoms with Gasteiger partial charge >= 0.3 is 5.97 Å². The van der Waals surface area contributed by atoms with Crippen LogP contribution in [0.3, 0.4) is 0 Å². The van der Waals surface area contributed by atoms with Crippen LogP contribution in [0.25, 0.3) is 11.2 Å². The van der Waals surface area contributed by atoms with Crippen LogP contribution in [0.15, 0.2) is 54.6 Å². The fraction of sp³-hybridized carbons (Fsp3) is 0.371. The summed E-state index contributed by atoms with van der Waals surface area (Å²) in [5, 5.41) is 18.4. The maximum absolute atomic E-state index is 14.2. The number of carboxylic acid groups (broad SMARTS) is 1. The number of carboxylic acids is 1. The van der Waals surface area contributed by atoms with Crippen molar-refractivity contribution in [2.75, 3.05) is 19.7 Å². The van der Waals surface area contributed by atoms with Crippen LogP contribution in [0.2, 0.25) is 0 Å². The second kappa shape index (κ2) is 12.8. The summed E-state index contributed by atoms with van der Waals surface area (Å²) < 4.78 is 34.1. The molecule has 3 atom stereocenters. The number of fused-ring (bicyclic) bond motifs is 1. The van der Waals surface area contributed by atoms with Gasteiger partial charge in [0.15, 0.2) is 17.2 Å². The molecule has 234 valence electrons. The molecule has 46 heavy (non-hydrogen) atoms. The fourth-order valence-corrected chi connectivity index (χ4v) is 6.01. The number of carbonyl (C=O) groups is 1. The van der Waals surface area contributed by atoms with Gasteiger partial charge in [0.25, 0.3) is 0 Å². The second-order valence-corrected chi connectivity index (χ2v) is 11.9. The number of hydrogen-bond donors (Lipinski definition) is 1. The van der Waals surface area contributed by atoms with E-state index in [0.29, 0.717) is 18.8 Å². The van der Waals surface area contributed by atoms with E-state index in [-0.39, 0.29) is 30.1 Å². The van der Waals surface area contributed by atoms with Gasteiger partial charge < -0.3 is 23.9 Å². The average molecular weight is 622 g/mol. The Morgan fingerprint density at radius 2 is 1.96 bits per heavy atom. The smallest absolute Gasteiger partial charge is 0.320 e. The fourth-order valence-electron chi connectivity index (χ4n) is 6.01. The first kappa shape index (κ1) is 29.7. The zero-order chi connectivity index (χ0) is 31.6. The SMILES string of the molecule is N#Cc1ccc(OCc2cccc(OC3CCN(Cc4nc5ccc(C6C#CC6C(=O)O)nc5n4C[C@@H]4CCO4)CC3)c2)c(F)c1. The van der Waals surface area contributed by atoms with E-state index < -0.39 is 23.6 Å². The van der Waals surface area contributed by atoms with Crippen LogP contribution >= 0.6 is 0 Å². The molecule has 4 heterocycles. The van der Waals surface area contributed by atoms with E-state index in [1.807, 2.05) is 42.5 Å². The van der Waals surface area contributed by atoms with E-state index in [1.54, 1.807) is 0 Å². The van der Waals surface area contributed by atoms with Gasteiger partial charge in [0.05, 0.1) is 42.4 Å². The number of imidazole rings is 1. The third-order valence-electron chi connectivity index (χ3n) is 8.74. The van der Waals surface area contributed by atoms with E-state index >= 15 is 0 Å². The maximum atomic E-state index is 14.2. The molecule has 7 rings (SSSR count). The predicted octanol–water partition coefficient (Wildman–Crippen LogP) is 4.65. The lowest BCUT2D eigenvalue weighted by molar-refractivity contribution is -0.140. The Morgan fingerprint density at radius 3 is 2.65 bits per heavy atom. The number of likely N-dealkylation sites (tertiary alicyclic amines) is 1. The molecular weight excluding hydrogens is 589 g/mol. The van der Waals surface area contributed by atoms with Gasteiger partial charge in [-0.15, -0.1) is 0 Å². The molecule has 2 aromatic heterocycles. The van der Waals surface area contributed by atoms with Gasteiger partial charge in [-0.05, 0) is 67.3 Å². The Morgan fingerprint density at radius 1 is 1.11 bits per heavy atom. The van der Waals surface area contributed by atoms with Crippen LogP contribution in [0, 0.1) is 34.9 Å². The summed E-state index contributed by atoms with van der Waals surface area (Å²) in [7, 11) is 0. The van der Waals surface area contributed by atoms with Crippen LogP contribution in [-0.4, -0.2) is 62.4 Å². The number of hydrogen-bond acceptors (Lipinski definition) is 8. The summed E-state index contributed by atoms with van der Waals surface area (Å²) in [6, 6.07) is 17.5. The first-order chi connectivity index (χ1) is 22.4. The molecule has 2 saturated heterocycles. The van der Waals surface area contributed by atoms with Gasteiger partial charge in [0.2, 0.25) is 0 Å². The van der Waals surface area contributed by atoms with Gasteiger partial charge in [-0.3, -0.25) is 9.69 Å². The van der Waals surface area contributed by atoms with Gasteiger partial charge in [0, 0.05) is 19.7 Å². The normalized spacial score (nSPS) is 21.0. The molecule has 2 unspecified atom stereocenters. The summed E-state index contributed by atoms with van der Waals surface area (Å²) in [6.45, 7) is 3.91. The zero-order valence-corrected chi connectivity index (χ0v) is 25.1. The molecule has 1 aliphatic carbocycles. The van der Waals surface area contributed by atoms with Gasteiger partial charge in [-0.1, -0.05) is 24.0 Å². The van der Waals surface area contributed by atoms with E-state index in [0.717, 1.165) is 73.3 Å². The monoisotopic (exact) mass is 621 g/mol. The molecule has 0 saturated carbocycles. The molecule has 4 aromatic rings. The highest BCUT2D eigenvalue weighted by Gasteiger charge is 2.34. The van der Waals surface area contributed by atoms with E-state index in [2.05, 4.69) is 21.3 Å². The van der Waals surface area contributed by atoms with Crippen LogP contribution in [0.4, 0.5) is 4.39 Å². The topological polar surface area (TPSA) is 123 Å². The molecule has 0 bridgehead atoms. The first-order valence-electron chi connectivity index (χ1n) is 15.5. The minimum absolute atomic E-state index is 0.0561. The Kier molecular flexibility index (Phi) is 8.27. The molecule has 1 N–H and O–H groups in total. The molecule has 0 spiro atoms. The molecule has 0 radical (unpaired) electrons. The minimum atomic E-state index is -0.923. The number of nitriles is 1. The van der Waals surface area contributed by atoms with Crippen molar-refractivity contribution in [2.45, 2.75) is 57.1 Å². The number of ether oxygens (including phenoxy) is 3. The van der Waals surface area contributed by atoms with Crippen molar-refractivity contribution >= 4 is 17.1 Å². The molecule has 2 aliphatic heterocycles. The molecule has 2 fully saturated rings. The first-order valence-corrected chi connectivity index (χ1v) is 15.5. The zero-order valence-electron chi connectivity index (χ0n) is 25.1. The summed E-state index contributed by atoms with van der Waals surface area (Å²) in [6.07, 6.45) is 2.85. The van der Waals surface area contributed by atoms with E-state index in [4.69, 9.17) is 29.4 Å². The van der Waals surface area contributed by atoms with Crippen LogP contribution < -0.4 is 9.47 Å². The Hall–Kier alpha value is -4.97. The lowest BCUT2D eigenvalue weighted by atomic mass is 9.83. The number of aliphatic carboxylic acids is 1. The molecule has 10 nitrogen and oxygen atoms in total. The largest absolute Gasteiger partial charge is 0.490 e. The lowest BCUT2D eigenvalue weighted by Gasteiger charge is -2.32. The van der Waals surface area contributed by atoms with Crippen molar-refractivity contribution in [1.82, 2.24) is 19.4 Å². The molecule has 2 aromatic carbocycles. The Labute approximate surface area is 265 Å². The molecule has 3 aliphatic rings. The highest BCUT2D eigenvalue weighted by molar-refractivity contribution is 5.79. The third kappa shape index (κ3) is 6.25. The van der Waals surface area contributed by atoms with Crippen molar-refractivity contribution in [3.05, 3.63) is 83.1 Å². The van der Waals surface area contributed by atoms with Gasteiger partial charge in [-0.25, -0.2) is 14.4 Å². The summed E-state index contributed by atoms with van der Waals surface area (Å²) in [5.74, 6) is 4.81. The van der Waals surface area contributed by atoms with Crippen molar-refractivity contribution in [3.8, 4) is 29.4 Å². The number of pyridine rings is 1. The van der Waals surface area contributed by atoms with E-state index in [9.17, 15) is 14.3 Å². The Balaban J connectivity index is 0.977. The number of aromatic nitrogens is 3. The second-order valence-electron chi connectivity index (χ2n) is 11.9. The summed E-state index contributed by atoms with van der Waals surface area (Å²) >= 11 is 0. The molecule has 0 amide bonds. The highest BCUT2D eigenvalue weighted by atomic mass is 19.1. The van der Waals surface area contributed by atoms with Crippen LogP contribution in [0.1, 0.15) is 47.8 Å². The number of nitrogens with zero attached hydrogens (tertiary/aromatic N) is 5. The highest BCUT2D eigenvalue weighted by Crippen LogP contribution is 2.31. The lowest BCUT2D eigenvalue weighted by Crippen LogP contribution is -2.39. The number of benzene rings is 2. The van der Waals surface area contributed by atoms with Crippen molar-refractivity contribution in [3.63, 3.8) is 0 Å². The van der Waals surface area contributed by atoms with Crippen molar-refractivity contribution in [2.24, 2.45) is 5.92 Å². The number of rotatable bonds is 11. The number of halogens is 1. The van der Waals surface area contributed by atoms with Crippen molar-refractivity contribution in [1.29, 1.82) is 5.26 Å². The standard InChI is InChI=1S/C35H32FN5O5/c36-29-17-22(18-37)4-9-32(29)45-21-23-2-1-3-25(16-23)46-24-10-13-40(14-11-24)20-33-38-31-8-7-30(27-5-6-28(27)35(42)43)39-34(31)41(33)19-26-12-15-44-26/h1-4,7-9,16-17,24,26-28H,10-15,19-21H2,(H,42,43)/t26-,27?,28?/m0/s1. The van der Waals surface area contributed by atoms with Crippen LogP contribution in [-0.2, 0) is 29.2 Å². The average Bonchev–Trinajstić information content (AvgIpc) is 3.34. The number of piperidine rings is 1. The van der Waals surface area contributed by atoms with Gasteiger partial charge in [-0.2, -0.15) is 5.26 Å². The molecule has 11 heteroatoms. The summed E-state index contributed by atoms with van der Waals surface area (Å²) in [5.41, 5.74) is 3.28. The maximum Gasteiger partial charge on any atom is 0.320 e. The quantitative estimate of drug-likeness (QED) is 0.238. The van der Waals surface area contributed by atoms with Crippen molar-refractivity contribution < 1.29 is 28.5 Å². The Bertz CT molecular complexity index is 1880. The molecular formula is C35H32FN5O5. The summed E-state index contributed by atoms with van der Waals surface area (Å²) in [4.78, 5) is 23.7. The predicted molar refractivity (Wildman–Crippen MR) is 164 cm³/mol. The van der Waals surface area contributed by atoms with Gasteiger partial charge in [0.1, 0.15) is 35.7 Å². The third-order valence-corrected chi connectivity index (χ3v) is 8.74. The minimum Gasteiger partial charge on any atom is -0.490 e.